The second-order valence-corrected chi connectivity index (χ2v) is 9.60. The van der Waals surface area contributed by atoms with Gasteiger partial charge in [0.15, 0.2) is 0 Å². The number of hydrogen-bond donors (Lipinski definition) is 1. The Morgan fingerprint density at radius 1 is 1.14 bits per heavy atom. The zero-order valence-corrected chi connectivity index (χ0v) is 16.9. The highest BCUT2D eigenvalue weighted by molar-refractivity contribution is 7.89. The number of rotatable bonds is 5. The summed E-state index contributed by atoms with van der Waals surface area (Å²) < 4.78 is 53.6. The van der Waals surface area contributed by atoms with Gasteiger partial charge >= 0.3 is 0 Å². The van der Waals surface area contributed by atoms with Crippen molar-refractivity contribution in [1.29, 1.82) is 0 Å². The standard InChI is InChI=1S/C19H27F2N3O3S/c1-14-4-2-3-5-17(14)22-19(25)13-23-8-10-24(11-9-23)28(26,27)18-12-15(20)6-7-16(18)21/h6-7,12,14,17H,2-5,8-11,13H2,1H3,(H,22,25)/t14-,17-/m0/s1. The summed E-state index contributed by atoms with van der Waals surface area (Å²) in [5, 5.41) is 3.09. The smallest absolute Gasteiger partial charge is 0.246 e. The van der Waals surface area contributed by atoms with E-state index < -0.39 is 26.6 Å². The van der Waals surface area contributed by atoms with Crippen molar-refractivity contribution in [3.8, 4) is 0 Å². The van der Waals surface area contributed by atoms with E-state index >= 15 is 0 Å². The minimum Gasteiger partial charge on any atom is -0.352 e. The molecule has 2 aliphatic rings. The molecule has 0 bridgehead atoms. The molecule has 9 heteroatoms. The predicted octanol–water partition coefficient (Wildman–Crippen LogP) is 1.97. The average Bonchev–Trinajstić information content (AvgIpc) is 2.66. The summed E-state index contributed by atoms with van der Waals surface area (Å²) in [4.78, 5) is 13.6. The van der Waals surface area contributed by atoms with Gasteiger partial charge in [-0.2, -0.15) is 4.31 Å². The maximum Gasteiger partial charge on any atom is 0.246 e. The highest BCUT2D eigenvalue weighted by atomic mass is 32.2. The van der Waals surface area contributed by atoms with Gasteiger partial charge in [-0.15, -0.1) is 0 Å². The maximum absolute atomic E-state index is 13.9. The fourth-order valence-corrected chi connectivity index (χ4v) is 5.43. The van der Waals surface area contributed by atoms with E-state index in [1.807, 2.05) is 4.90 Å². The van der Waals surface area contributed by atoms with E-state index in [1.165, 1.54) is 6.42 Å². The van der Waals surface area contributed by atoms with Crippen LogP contribution in [0.4, 0.5) is 8.78 Å². The summed E-state index contributed by atoms with van der Waals surface area (Å²) in [5.41, 5.74) is 0. The molecule has 0 radical (unpaired) electrons. The fourth-order valence-electron chi connectivity index (χ4n) is 3.93. The number of piperazine rings is 1. The number of amides is 1. The van der Waals surface area contributed by atoms with Gasteiger partial charge < -0.3 is 5.32 Å². The molecule has 156 valence electrons. The molecule has 1 saturated carbocycles. The normalized spacial score (nSPS) is 24.8. The van der Waals surface area contributed by atoms with Gasteiger partial charge in [0.1, 0.15) is 16.5 Å². The van der Waals surface area contributed by atoms with Crippen LogP contribution < -0.4 is 5.32 Å². The monoisotopic (exact) mass is 415 g/mol. The lowest BCUT2D eigenvalue weighted by molar-refractivity contribution is -0.123. The molecule has 0 unspecified atom stereocenters. The third-order valence-corrected chi connectivity index (χ3v) is 7.58. The van der Waals surface area contributed by atoms with Crippen LogP contribution in [0.5, 0.6) is 0 Å². The molecule has 1 aromatic rings. The molecular weight excluding hydrogens is 388 g/mol. The molecule has 3 rings (SSSR count). The van der Waals surface area contributed by atoms with Crippen molar-refractivity contribution in [2.75, 3.05) is 32.7 Å². The minimum atomic E-state index is -4.11. The first-order valence-electron chi connectivity index (χ1n) is 9.74. The number of benzene rings is 1. The van der Waals surface area contributed by atoms with E-state index in [2.05, 4.69) is 12.2 Å². The highest BCUT2D eigenvalue weighted by Crippen LogP contribution is 2.24. The van der Waals surface area contributed by atoms with Crippen molar-refractivity contribution < 1.29 is 22.0 Å². The molecule has 6 nitrogen and oxygen atoms in total. The Labute approximate surface area is 164 Å². The van der Waals surface area contributed by atoms with Crippen molar-refractivity contribution in [3.05, 3.63) is 29.8 Å². The number of sulfonamides is 1. The van der Waals surface area contributed by atoms with Crippen LogP contribution >= 0.6 is 0 Å². The summed E-state index contributed by atoms with van der Waals surface area (Å²) in [6.45, 7) is 3.36. The molecule has 1 aliphatic carbocycles. The van der Waals surface area contributed by atoms with E-state index in [4.69, 9.17) is 0 Å². The Bertz CT molecular complexity index is 811. The molecule has 1 N–H and O–H groups in total. The van der Waals surface area contributed by atoms with Crippen LogP contribution in [-0.2, 0) is 14.8 Å². The Hall–Kier alpha value is -1.58. The number of halogens is 2. The second-order valence-electron chi connectivity index (χ2n) is 7.69. The van der Waals surface area contributed by atoms with Gasteiger partial charge in [-0.05, 0) is 37.0 Å². The van der Waals surface area contributed by atoms with Gasteiger partial charge in [0.25, 0.3) is 0 Å². The Morgan fingerprint density at radius 2 is 1.82 bits per heavy atom. The first-order chi connectivity index (χ1) is 13.3. The van der Waals surface area contributed by atoms with E-state index in [-0.39, 0.29) is 31.6 Å². The van der Waals surface area contributed by atoms with Crippen molar-refractivity contribution in [1.82, 2.24) is 14.5 Å². The van der Waals surface area contributed by atoms with Gasteiger partial charge in [0.2, 0.25) is 15.9 Å². The first-order valence-corrected chi connectivity index (χ1v) is 11.2. The average molecular weight is 416 g/mol. The van der Waals surface area contributed by atoms with Crippen LogP contribution in [0.15, 0.2) is 23.1 Å². The fraction of sp³-hybridized carbons (Fsp3) is 0.632. The van der Waals surface area contributed by atoms with E-state index in [0.717, 1.165) is 35.7 Å². The summed E-state index contributed by atoms with van der Waals surface area (Å²) >= 11 is 0. The molecule has 2 atom stereocenters. The minimum absolute atomic E-state index is 0.0498. The van der Waals surface area contributed by atoms with Gasteiger partial charge in [-0.25, -0.2) is 17.2 Å². The third kappa shape index (κ3) is 4.87. The number of nitrogens with zero attached hydrogens (tertiary/aromatic N) is 2. The molecule has 0 aromatic heterocycles. The van der Waals surface area contributed by atoms with Gasteiger partial charge in [0, 0.05) is 32.2 Å². The lowest BCUT2D eigenvalue weighted by atomic mass is 9.86. The quantitative estimate of drug-likeness (QED) is 0.798. The molecule has 1 heterocycles. The van der Waals surface area contributed by atoms with Crippen molar-refractivity contribution in [3.63, 3.8) is 0 Å². The molecular formula is C19H27F2N3O3S. The zero-order chi connectivity index (χ0) is 20.3. The van der Waals surface area contributed by atoms with E-state index in [0.29, 0.717) is 25.1 Å². The van der Waals surface area contributed by atoms with Crippen LogP contribution in [0.2, 0.25) is 0 Å². The topological polar surface area (TPSA) is 69.7 Å². The van der Waals surface area contributed by atoms with Crippen LogP contribution in [0, 0.1) is 17.6 Å². The molecule has 1 amide bonds. The highest BCUT2D eigenvalue weighted by Gasteiger charge is 2.32. The second kappa shape index (κ2) is 8.84. The van der Waals surface area contributed by atoms with Crippen LogP contribution in [0.1, 0.15) is 32.6 Å². The number of hydrogen-bond acceptors (Lipinski definition) is 4. The maximum atomic E-state index is 13.9. The number of nitrogens with one attached hydrogen (secondary N) is 1. The molecule has 1 saturated heterocycles. The summed E-state index contributed by atoms with van der Waals surface area (Å²) in [6, 6.07) is 2.61. The van der Waals surface area contributed by atoms with Crippen molar-refractivity contribution in [2.45, 2.75) is 43.5 Å². The predicted molar refractivity (Wildman–Crippen MR) is 101 cm³/mol. The van der Waals surface area contributed by atoms with Gasteiger partial charge in [-0.1, -0.05) is 19.8 Å². The summed E-state index contributed by atoms with van der Waals surface area (Å²) in [6.07, 6.45) is 4.45. The van der Waals surface area contributed by atoms with Gasteiger partial charge in [0.05, 0.1) is 6.54 Å². The lowest BCUT2D eigenvalue weighted by Crippen LogP contribution is -2.52. The Balaban J connectivity index is 1.54. The third-order valence-electron chi connectivity index (χ3n) is 5.67. The van der Waals surface area contributed by atoms with Crippen LogP contribution in [0.3, 0.4) is 0 Å². The Kier molecular flexibility index (Phi) is 6.67. The molecule has 0 spiro atoms. The largest absolute Gasteiger partial charge is 0.352 e. The van der Waals surface area contributed by atoms with Crippen molar-refractivity contribution in [2.24, 2.45) is 5.92 Å². The molecule has 28 heavy (non-hydrogen) atoms. The number of carbonyl (C=O) groups excluding carboxylic acids is 1. The SMILES string of the molecule is C[C@H]1CCCC[C@@H]1NC(=O)CN1CCN(S(=O)(=O)c2cc(F)ccc2F)CC1. The lowest BCUT2D eigenvalue weighted by Gasteiger charge is -2.34. The molecule has 2 fully saturated rings. The Morgan fingerprint density at radius 3 is 2.50 bits per heavy atom. The number of carbonyl (C=O) groups is 1. The van der Waals surface area contributed by atoms with E-state index in [9.17, 15) is 22.0 Å². The van der Waals surface area contributed by atoms with Crippen LogP contribution in [0.25, 0.3) is 0 Å². The van der Waals surface area contributed by atoms with Crippen molar-refractivity contribution >= 4 is 15.9 Å². The zero-order valence-electron chi connectivity index (χ0n) is 16.0. The van der Waals surface area contributed by atoms with Crippen LogP contribution in [-0.4, -0.2) is 62.3 Å². The van der Waals surface area contributed by atoms with E-state index in [1.54, 1.807) is 0 Å². The first kappa shape index (κ1) is 21.1. The molecule has 1 aliphatic heterocycles. The van der Waals surface area contributed by atoms with Gasteiger partial charge in [-0.3, -0.25) is 9.69 Å². The molecule has 1 aromatic carbocycles. The summed E-state index contributed by atoms with van der Waals surface area (Å²) in [5.74, 6) is -1.34. The summed E-state index contributed by atoms with van der Waals surface area (Å²) in [7, 11) is -4.11.